The largest absolute Gasteiger partial charge is 0.462 e. The molecule has 416 valence electrons. The number of allylic oxidation sites excluding steroid dienone is 6. The second-order valence-corrected chi connectivity index (χ2v) is 21.3. The van der Waals surface area contributed by atoms with Gasteiger partial charge in [-0.1, -0.05) is 282 Å². The Bertz CT molecular complexity index is 1190. The quantitative estimate of drug-likeness (QED) is 0.0261. The third kappa shape index (κ3) is 58.4. The Kier molecular flexibility index (Phi) is 58.2. The smallest absolute Gasteiger partial charge is 0.306 e. The van der Waals surface area contributed by atoms with Crippen LogP contribution in [0, 0.1) is 0 Å². The fourth-order valence-electron chi connectivity index (χ4n) is 9.35. The molecule has 0 bridgehead atoms. The van der Waals surface area contributed by atoms with E-state index in [0.717, 1.165) is 70.6 Å². The number of hydrogen-bond acceptors (Lipinski definition) is 6. The van der Waals surface area contributed by atoms with E-state index in [1.807, 2.05) is 0 Å². The molecule has 0 rings (SSSR count). The van der Waals surface area contributed by atoms with Crippen LogP contribution in [0.3, 0.4) is 0 Å². The predicted molar refractivity (Wildman–Crippen MR) is 307 cm³/mol. The summed E-state index contributed by atoms with van der Waals surface area (Å²) in [6, 6.07) is 0. The van der Waals surface area contributed by atoms with Crippen LogP contribution >= 0.6 is 0 Å². The Labute approximate surface area is 442 Å². The third-order valence-electron chi connectivity index (χ3n) is 14.1. The van der Waals surface area contributed by atoms with Gasteiger partial charge in [0.05, 0.1) is 0 Å². The van der Waals surface area contributed by atoms with Crippen molar-refractivity contribution >= 4 is 17.9 Å². The maximum absolute atomic E-state index is 12.9. The first-order valence-corrected chi connectivity index (χ1v) is 31.5. The second kappa shape index (κ2) is 60.2. The molecule has 0 aliphatic heterocycles. The van der Waals surface area contributed by atoms with Crippen LogP contribution in [-0.2, 0) is 28.6 Å². The van der Waals surface area contributed by atoms with Crippen LogP contribution in [0.1, 0.15) is 342 Å². The Morgan fingerprint density at radius 2 is 0.507 bits per heavy atom. The second-order valence-electron chi connectivity index (χ2n) is 21.3. The van der Waals surface area contributed by atoms with Crippen LogP contribution < -0.4 is 0 Å². The lowest BCUT2D eigenvalue weighted by atomic mass is 10.0. The zero-order valence-electron chi connectivity index (χ0n) is 47.8. The minimum atomic E-state index is -0.775. The third-order valence-corrected chi connectivity index (χ3v) is 14.1. The number of hydrogen-bond donors (Lipinski definition) is 0. The molecule has 0 spiro atoms. The molecule has 0 aromatic carbocycles. The summed E-state index contributed by atoms with van der Waals surface area (Å²) in [6.07, 6.45) is 72.8. The van der Waals surface area contributed by atoms with E-state index < -0.39 is 6.10 Å². The van der Waals surface area contributed by atoms with E-state index >= 15 is 0 Å². The number of carbonyl (C=O) groups excluding carboxylic acids is 3. The van der Waals surface area contributed by atoms with Crippen molar-refractivity contribution in [3.63, 3.8) is 0 Å². The molecule has 6 nitrogen and oxygen atoms in total. The topological polar surface area (TPSA) is 78.9 Å². The predicted octanol–water partition coefficient (Wildman–Crippen LogP) is 21.2. The zero-order valence-corrected chi connectivity index (χ0v) is 47.8. The van der Waals surface area contributed by atoms with E-state index in [2.05, 4.69) is 57.2 Å². The fourth-order valence-corrected chi connectivity index (χ4v) is 9.35. The van der Waals surface area contributed by atoms with Gasteiger partial charge in [-0.05, 0) is 77.0 Å². The highest BCUT2D eigenvalue weighted by Gasteiger charge is 2.19. The summed E-state index contributed by atoms with van der Waals surface area (Å²) in [4.78, 5) is 38.3. The van der Waals surface area contributed by atoms with Crippen LogP contribution in [0.4, 0.5) is 0 Å². The molecule has 1 atom stereocenters. The molecule has 0 fully saturated rings. The van der Waals surface area contributed by atoms with Gasteiger partial charge in [-0.25, -0.2) is 0 Å². The first-order valence-electron chi connectivity index (χ1n) is 31.5. The average molecular weight is 998 g/mol. The Balaban J connectivity index is 4.33. The molecule has 71 heavy (non-hydrogen) atoms. The van der Waals surface area contributed by atoms with Gasteiger partial charge in [-0.2, -0.15) is 0 Å². The normalized spacial score (nSPS) is 12.2. The molecule has 0 aliphatic rings. The summed E-state index contributed by atoms with van der Waals surface area (Å²) in [7, 11) is 0. The Hall–Kier alpha value is -2.37. The van der Waals surface area contributed by atoms with E-state index in [1.165, 1.54) is 231 Å². The van der Waals surface area contributed by atoms with Gasteiger partial charge < -0.3 is 14.2 Å². The monoisotopic (exact) mass is 997 g/mol. The molecule has 0 aromatic rings. The lowest BCUT2D eigenvalue weighted by Crippen LogP contribution is -2.30. The van der Waals surface area contributed by atoms with Crippen LogP contribution in [-0.4, -0.2) is 37.2 Å². The summed E-state index contributed by atoms with van der Waals surface area (Å²) >= 11 is 0. The van der Waals surface area contributed by atoms with Gasteiger partial charge in [-0.15, -0.1) is 0 Å². The fraction of sp³-hybridized carbons (Fsp3) is 0.862. The molecule has 0 heterocycles. The van der Waals surface area contributed by atoms with Gasteiger partial charge in [0.1, 0.15) is 13.2 Å². The number of ether oxygens (including phenoxy) is 3. The molecule has 0 saturated carbocycles. The van der Waals surface area contributed by atoms with Crippen molar-refractivity contribution in [1.82, 2.24) is 0 Å². The molecule has 0 N–H and O–H groups in total. The van der Waals surface area contributed by atoms with Gasteiger partial charge in [0.2, 0.25) is 0 Å². The lowest BCUT2D eigenvalue weighted by Gasteiger charge is -2.18. The van der Waals surface area contributed by atoms with E-state index in [1.54, 1.807) is 0 Å². The van der Waals surface area contributed by atoms with Crippen molar-refractivity contribution in [3.05, 3.63) is 36.5 Å². The van der Waals surface area contributed by atoms with Crippen molar-refractivity contribution in [3.8, 4) is 0 Å². The van der Waals surface area contributed by atoms with Gasteiger partial charge in [0.25, 0.3) is 0 Å². The first-order chi connectivity index (χ1) is 35.0. The average Bonchev–Trinajstić information content (AvgIpc) is 3.37. The lowest BCUT2D eigenvalue weighted by molar-refractivity contribution is -0.167. The number of unbranched alkanes of at least 4 members (excludes halogenated alkanes) is 41. The summed E-state index contributed by atoms with van der Waals surface area (Å²) in [5, 5.41) is 0. The molecule has 0 aromatic heterocycles. The summed E-state index contributed by atoms with van der Waals surface area (Å²) in [6.45, 7) is 6.66. The summed E-state index contributed by atoms with van der Waals surface area (Å²) < 4.78 is 16.9. The minimum Gasteiger partial charge on any atom is -0.462 e. The van der Waals surface area contributed by atoms with Crippen LogP contribution in [0.5, 0.6) is 0 Å². The van der Waals surface area contributed by atoms with Crippen molar-refractivity contribution in [2.45, 2.75) is 348 Å². The van der Waals surface area contributed by atoms with Crippen molar-refractivity contribution in [2.75, 3.05) is 13.2 Å². The zero-order chi connectivity index (χ0) is 51.4. The molecule has 0 unspecified atom stereocenters. The van der Waals surface area contributed by atoms with Crippen molar-refractivity contribution in [2.24, 2.45) is 0 Å². The molecule has 0 amide bonds. The Morgan fingerprint density at radius 3 is 0.817 bits per heavy atom. The van der Waals surface area contributed by atoms with Crippen molar-refractivity contribution in [1.29, 1.82) is 0 Å². The molecular formula is C65H120O6. The van der Waals surface area contributed by atoms with Gasteiger partial charge in [0.15, 0.2) is 6.10 Å². The van der Waals surface area contributed by atoms with Gasteiger partial charge in [0, 0.05) is 19.3 Å². The maximum atomic E-state index is 12.9. The van der Waals surface area contributed by atoms with E-state index in [0.29, 0.717) is 19.3 Å². The number of rotatable bonds is 58. The molecule has 6 heteroatoms. The highest BCUT2D eigenvalue weighted by atomic mass is 16.6. The molecule has 0 saturated heterocycles. The first kappa shape index (κ1) is 68.6. The number of carbonyl (C=O) groups is 3. The maximum Gasteiger partial charge on any atom is 0.306 e. The van der Waals surface area contributed by atoms with Gasteiger partial charge in [-0.3, -0.25) is 14.4 Å². The highest BCUT2D eigenvalue weighted by Crippen LogP contribution is 2.17. The SMILES string of the molecule is CCCCC/C=C\C/C=C\CCCCCCCCCCCC(=O)OC[C@H](COC(=O)CCCCCCC/C=C\CCCCCCCC)OC(=O)CCCCCCCCCCCCCCCCCCCCC. The van der Waals surface area contributed by atoms with E-state index in [9.17, 15) is 14.4 Å². The number of esters is 3. The van der Waals surface area contributed by atoms with E-state index in [4.69, 9.17) is 14.2 Å². The molecule has 0 aliphatic carbocycles. The summed E-state index contributed by atoms with van der Waals surface area (Å²) in [5.41, 5.74) is 0. The highest BCUT2D eigenvalue weighted by molar-refractivity contribution is 5.71. The van der Waals surface area contributed by atoms with Crippen LogP contribution in [0.25, 0.3) is 0 Å². The standard InChI is InChI=1S/C65H120O6/c1-4-7-10-13-16-19-22-25-28-30-32-34-37-40-43-46-49-52-55-58-64(67)70-61-62(60-69-63(66)57-54-51-48-45-42-39-36-27-24-21-18-15-12-9-6-3)71-65(68)59-56-53-50-47-44-41-38-35-33-31-29-26-23-20-17-14-11-8-5-2/h16,19,25,27-28,36,62H,4-15,17-18,20-24,26,29-35,37-61H2,1-3H3/b19-16-,28-25-,36-27-/t62-/m0/s1. The van der Waals surface area contributed by atoms with E-state index in [-0.39, 0.29) is 31.1 Å². The Morgan fingerprint density at radius 1 is 0.282 bits per heavy atom. The van der Waals surface area contributed by atoms with Crippen LogP contribution in [0.15, 0.2) is 36.5 Å². The van der Waals surface area contributed by atoms with Crippen molar-refractivity contribution < 1.29 is 28.6 Å². The molecular weight excluding hydrogens is 877 g/mol. The van der Waals surface area contributed by atoms with Gasteiger partial charge >= 0.3 is 17.9 Å². The summed E-state index contributed by atoms with van der Waals surface area (Å²) in [5.74, 6) is -0.862. The molecule has 0 radical (unpaired) electrons. The van der Waals surface area contributed by atoms with Crippen LogP contribution in [0.2, 0.25) is 0 Å². The minimum absolute atomic E-state index is 0.0730.